The fourth-order valence-corrected chi connectivity index (χ4v) is 4.02. The molecule has 1 amide bonds. The van der Waals surface area contributed by atoms with Crippen LogP contribution in [0.5, 0.6) is 0 Å². The number of anilines is 2. The first kappa shape index (κ1) is 25.3. The molecule has 1 aliphatic rings. The molecule has 1 N–H and O–H groups in total. The maximum atomic E-state index is 12.7. The molecule has 1 fully saturated rings. The van der Waals surface area contributed by atoms with Gasteiger partial charge in [0.05, 0.1) is 0 Å². The van der Waals surface area contributed by atoms with Crippen LogP contribution in [0.3, 0.4) is 0 Å². The van der Waals surface area contributed by atoms with Gasteiger partial charge in [0.25, 0.3) is 5.91 Å². The highest BCUT2D eigenvalue weighted by atomic mass is 16.2. The minimum Gasteiger partial charge on any atom is -0.378 e. The molecule has 0 unspecified atom stereocenters. The Morgan fingerprint density at radius 1 is 0.853 bits per heavy atom. The van der Waals surface area contributed by atoms with Gasteiger partial charge in [-0.3, -0.25) is 4.79 Å². The van der Waals surface area contributed by atoms with Crippen LogP contribution >= 0.6 is 0 Å². The highest BCUT2D eigenvalue weighted by Gasteiger charge is 2.23. The molecule has 1 heterocycles. The number of amides is 1. The number of aryl methyl sites for hydroxylation is 2. The van der Waals surface area contributed by atoms with E-state index in [1.54, 1.807) is 0 Å². The van der Waals surface area contributed by atoms with E-state index in [0.29, 0.717) is 0 Å². The molecule has 3 aromatic rings. The van der Waals surface area contributed by atoms with Crippen LogP contribution in [0, 0.1) is 13.8 Å². The standard InChI is InChI=1S/C20H25N3O.C9H13N/c1-16-6-4-5-7-19(16)20(24)23-14-12-22(13-15-23)18-10-8-17(9-11-18)21(2)3;1-8-3-5-9(6-4-8)7-10-2/h4-11H,12-15H2,1-3H3;3-6,10H,7H2,1-2H3. The molecule has 0 radical (unpaired) electrons. The van der Waals surface area contributed by atoms with Crippen LogP contribution < -0.4 is 15.1 Å². The van der Waals surface area contributed by atoms with Crippen molar-refractivity contribution in [1.82, 2.24) is 10.2 Å². The Kier molecular flexibility index (Phi) is 9.11. The van der Waals surface area contributed by atoms with Gasteiger partial charge < -0.3 is 20.0 Å². The minimum absolute atomic E-state index is 0.149. The maximum absolute atomic E-state index is 12.7. The number of hydrogen-bond acceptors (Lipinski definition) is 4. The van der Waals surface area contributed by atoms with Crippen LogP contribution in [0.2, 0.25) is 0 Å². The van der Waals surface area contributed by atoms with E-state index < -0.39 is 0 Å². The van der Waals surface area contributed by atoms with Crippen LogP contribution in [0.4, 0.5) is 11.4 Å². The summed E-state index contributed by atoms with van der Waals surface area (Å²) >= 11 is 0. The SMILES string of the molecule is CNCc1ccc(C)cc1.Cc1ccccc1C(=O)N1CCN(c2ccc(N(C)C)cc2)CC1. The summed E-state index contributed by atoms with van der Waals surface area (Å²) in [4.78, 5) is 19.1. The summed E-state index contributed by atoms with van der Waals surface area (Å²) in [6.07, 6.45) is 0. The van der Waals surface area contributed by atoms with Gasteiger partial charge in [-0.2, -0.15) is 0 Å². The molecule has 0 atom stereocenters. The molecule has 1 saturated heterocycles. The van der Waals surface area contributed by atoms with E-state index in [1.807, 2.05) is 57.2 Å². The van der Waals surface area contributed by atoms with Gasteiger partial charge in [0, 0.05) is 63.8 Å². The van der Waals surface area contributed by atoms with Gasteiger partial charge >= 0.3 is 0 Å². The van der Waals surface area contributed by atoms with Crippen molar-refractivity contribution in [3.8, 4) is 0 Å². The Morgan fingerprint density at radius 2 is 1.47 bits per heavy atom. The number of nitrogens with one attached hydrogen (secondary N) is 1. The quantitative estimate of drug-likeness (QED) is 0.600. The van der Waals surface area contributed by atoms with Gasteiger partial charge in [0.15, 0.2) is 0 Å². The summed E-state index contributed by atoms with van der Waals surface area (Å²) in [5.41, 5.74) is 6.95. The summed E-state index contributed by atoms with van der Waals surface area (Å²) < 4.78 is 0. The first-order chi connectivity index (χ1) is 16.4. The molecular weight excluding hydrogens is 420 g/mol. The van der Waals surface area contributed by atoms with Crippen LogP contribution in [-0.4, -0.2) is 58.1 Å². The molecular formula is C29H38N4O. The van der Waals surface area contributed by atoms with Crippen molar-refractivity contribution in [2.45, 2.75) is 20.4 Å². The summed E-state index contributed by atoms with van der Waals surface area (Å²) in [6, 6.07) is 25.0. The predicted molar refractivity (Wildman–Crippen MR) is 144 cm³/mol. The third kappa shape index (κ3) is 6.84. The summed E-state index contributed by atoms with van der Waals surface area (Å²) in [7, 11) is 6.05. The number of nitrogens with zero attached hydrogens (tertiary/aromatic N) is 3. The van der Waals surface area contributed by atoms with Crippen molar-refractivity contribution in [2.75, 3.05) is 57.1 Å². The second-order valence-corrected chi connectivity index (χ2v) is 9.02. The van der Waals surface area contributed by atoms with Crippen molar-refractivity contribution in [2.24, 2.45) is 0 Å². The van der Waals surface area contributed by atoms with Crippen molar-refractivity contribution < 1.29 is 4.79 Å². The molecule has 0 spiro atoms. The number of piperazine rings is 1. The summed E-state index contributed by atoms with van der Waals surface area (Å²) in [6.45, 7) is 8.34. The van der Waals surface area contributed by atoms with Crippen LogP contribution in [0.25, 0.3) is 0 Å². The molecule has 180 valence electrons. The van der Waals surface area contributed by atoms with Crippen molar-refractivity contribution in [3.05, 3.63) is 95.1 Å². The fraction of sp³-hybridized carbons (Fsp3) is 0.345. The summed E-state index contributed by atoms with van der Waals surface area (Å²) in [5, 5.41) is 3.10. The number of hydrogen-bond donors (Lipinski definition) is 1. The highest BCUT2D eigenvalue weighted by molar-refractivity contribution is 5.95. The maximum Gasteiger partial charge on any atom is 0.254 e. The highest BCUT2D eigenvalue weighted by Crippen LogP contribution is 2.21. The average molecular weight is 459 g/mol. The van der Waals surface area contributed by atoms with Gasteiger partial charge in [0.2, 0.25) is 0 Å². The minimum atomic E-state index is 0.149. The molecule has 34 heavy (non-hydrogen) atoms. The molecule has 5 heteroatoms. The van der Waals surface area contributed by atoms with E-state index in [9.17, 15) is 4.79 Å². The second kappa shape index (κ2) is 12.2. The molecule has 0 aromatic heterocycles. The second-order valence-electron chi connectivity index (χ2n) is 9.02. The largest absolute Gasteiger partial charge is 0.378 e. The third-order valence-corrected chi connectivity index (χ3v) is 6.18. The molecule has 0 bridgehead atoms. The van der Waals surface area contributed by atoms with E-state index in [-0.39, 0.29) is 5.91 Å². The molecule has 0 aliphatic carbocycles. The number of benzene rings is 3. The monoisotopic (exact) mass is 458 g/mol. The summed E-state index contributed by atoms with van der Waals surface area (Å²) in [5.74, 6) is 0.149. The normalized spacial score (nSPS) is 13.2. The lowest BCUT2D eigenvalue weighted by atomic mass is 10.1. The number of rotatable bonds is 5. The number of carbonyl (C=O) groups is 1. The van der Waals surface area contributed by atoms with Gasteiger partial charge in [-0.15, -0.1) is 0 Å². The Morgan fingerprint density at radius 3 is 2.03 bits per heavy atom. The zero-order valence-electron chi connectivity index (χ0n) is 21.2. The first-order valence-corrected chi connectivity index (χ1v) is 12.0. The average Bonchev–Trinajstić information content (AvgIpc) is 2.86. The van der Waals surface area contributed by atoms with E-state index in [2.05, 4.69) is 70.6 Å². The van der Waals surface area contributed by atoms with Crippen molar-refractivity contribution >= 4 is 17.3 Å². The van der Waals surface area contributed by atoms with Gasteiger partial charge in [0.1, 0.15) is 0 Å². The van der Waals surface area contributed by atoms with E-state index >= 15 is 0 Å². The Hall–Kier alpha value is -3.31. The lowest BCUT2D eigenvalue weighted by Gasteiger charge is -2.36. The molecule has 1 aliphatic heterocycles. The third-order valence-electron chi connectivity index (χ3n) is 6.18. The van der Waals surface area contributed by atoms with Gasteiger partial charge in [-0.25, -0.2) is 0 Å². The molecule has 3 aromatic carbocycles. The predicted octanol–water partition coefficient (Wildman–Crippen LogP) is 4.74. The Bertz CT molecular complexity index is 1040. The van der Waals surface area contributed by atoms with E-state index in [1.165, 1.54) is 22.5 Å². The van der Waals surface area contributed by atoms with E-state index in [0.717, 1.165) is 43.9 Å². The molecule has 4 rings (SSSR count). The van der Waals surface area contributed by atoms with Crippen molar-refractivity contribution in [1.29, 1.82) is 0 Å². The van der Waals surface area contributed by atoms with Crippen LogP contribution in [-0.2, 0) is 6.54 Å². The fourth-order valence-electron chi connectivity index (χ4n) is 4.02. The zero-order chi connectivity index (χ0) is 24.5. The topological polar surface area (TPSA) is 38.8 Å². The smallest absolute Gasteiger partial charge is 0.254 e. The lowest BCUT2D eigenvalue weighted by Crippen LogP contribution is -2.48. The zero-order valence-corrected chi connectivity index (χ0v) is 21.2. The van der Waals surface area contributed by atoms with Gasteiger partial charge in [-0.05, 0) is 62.4 Å². The number of carbonyl (C=O) groups excluding carboxylic acids is 1. The lowest BCUT2D eigenvalue weighted by molar-refractivity contribution is 0.0746. The Labute approximate surface area is 205 Å². The molecule has 5 nitrogen and oxygen atoms in total. The Balaban J connectivity index is 0.000000271. The first-order valence-electron chi connectivity index (χ1n) is 12.0. The van der Waals surface area contributed by atoms with Gasteiger partial charge in [-0.1, -0.05) is 48.0 Å². The van der Waals surface area contributed by atoms with Crippen LogP contribution in [0.15, 0.2) is 72.8 Å². The van der Waals surface area contributed by atoms with Crippen LogP contribution in [0.1, 0.15) is 27.0 Å². The van der Waals surface area contributed by atoms with E-state index in [4.69, 9.17) is 0 Å². The van der Waals surface area contributed by atoms with Crippen molar-refractivity contribution in [3.63, 3.8) is 0 Å². The molecule has 0 saturated carbocycles.